The Labute approximate surface area is 155 Å². The third-order valence-corrected chi connectivity index (χ3v) is 4.15. The monoisotopic (exact) mass is 368 g/mol. The second-order valence-electron chi connectivity index (χ2n) is 5.97. The Kier molecular flexibility index (Phi) is 4.00. The van der Waals surface area contributed by atoms with Crippen molar-refractivity contribution in [3.8, 4) is 11.4 Å². The van der Waals surface area contributed by atoms with Crippen molar-refractivity contribution >= 4 is 28.6 Å². The molecule has 4 rings (SSSR count). The number of hydrogen-bond donors (Lipinski definition) is 1. The standard InChI is InChI=1S/C18H17ClN6O/c1-11-8-24(10-20-11)15-5-4-13(6-16(15)26-3)22-14-7-17(19)23-25-9-12(2)21-18(14)25/h4-10,22H,1-3H3. The van der Waals surface area contributed by atoms with Gasteiger partial charge in [-0.15, -0.1) is 0 Å². The molecule has 0 bridgehead atoms. The fourth-order valence-corrected chi connectivity index (χ4v) is 3.02. The molecule has 0 atom stereocenters. The molecule has 0 amide bonds. The summed E-state index contributed by atoms with van der Waals surface area (Å²) in [6.45, 7) is 3.86. The van der Waals surface area contributed by atoms with Crippen LogP contribution in [0.5, 0.6) is 5.75 Å². The van der Waals surface area contributed by atoms with E-state index in [-0.39, 0.29) is 0 Å². The topological polar surface area (TPSA) is 69.3 Å². The molecule has 4 aromatic rings. The van der Waals surface area contributed by atoms with E-state index in [0.29, 0.717) is 10.8 Å². The summed E-state index contributed by atoms with van der Waals surface area (Å²) in [6, 6.07) is 7.61. The van der Waals surface area contributed by atoms with E-state index in [2.05, 4.69) is 20.4 Å². The molecule has 0 aliphatic carbocycles. The molecule has 0 spiro atoms. The molecule has 1 N–H and O–H groups in total. The van der Waals surface area contributed by atoms with Gasteiger partial charge in [0.15, 0.2) is 10.8 Å². The number of fused-ring (bicyclic) bond motifs is 1. The Balaban J connectivity index is 1.73. The first-order valence-electron chi connectivity index (χ1n) is 8.02. The SMILES string of the molecule is COc1cc(Nc2cc(Cl)nn3cc(C)nc23)ccc1-n1cnc(C)c1. The molecule has 0 aliphatic heterocycles. The van der Waals surface area contributed by atoms with Gasteiger partial charge in [0.1, 0.15) is 5.75 Å². The van der Waals surface area contributed by atoms with Crippen LogP contribution in [-0.2, 0) is 0 Å². The molecule has 0 fully saturated rings. The summed E-state index contributed by atoms with van der Waals surface area (Å²) in [6.07, 6.45) is 5.54. The van der Waals surface area contributed by atoms with Crippen molar-refractivity contribution in [3.63, 3.8) is 0 Å². The molecule has 8 heteroatoms. The van der Waals surface area contributed by atoms with E-state index < -0.39 is 0 Å². The number of benzene rings is 1. The number of nitrogens with zero attached hydrogens (tertiary/aromatic N) is 5. The lowest BCUT2D eigenvalue weighted by Crippen LogP contribution is -2.00. The largest absolute Gasteiger partial charge is 0.494 e. The first kappa shape index (κ1) is 16.4. The van der Waals surface area contributed by atoms with Crippen LogP contribution in [0.3, 0.4) is 0 Å². The molecular weight excluding hydrogens is 352 g/mol. The predicted octanol–water partition coefficient (Wildman–Crippen LogP) is 3.94. The van der Waals surface area contributed by atoms with Crippen LogP contribution in [0.2, 0.25) is 5.15 Å². The van der Waals surface area contributed by atoms with Crippen LogP contribution in [0.25, 0.3) is 11.3 Å². The molecule has 7 nitrogen and oxygen atoms in total. The first-order valence-corrected chi connectivity index (χ1v) is 8.40. The van der Waals surface area contributed by atoms with Gasteiger partial charge < -0.3 is 14.6 Å². The number of halogens is 1. The van der Waals surface area contributed by atoms with Gasteiger partial charge in [0, 0.05) is 24.0 Å². The summed E-state index contributed by atoms with van der Waals surface area (Å²) in [5.41, 5.74) is 5.05. The number of rotatable bonds is 4. The minimum absolute atomic E-state index is 0.384. The lowest BCUT2D eigenvalue weighted by Gasteiger charge is -2.13. The fraction of sp³-hybridized carbons (Fsp3) is 0.167. The highest BCUT2D eigenvalue weighted by molar-refractivity contribution is 6.29. The van der Waals surface area contributed by atoms with Gasteiger partial charge in [-0.3, -0.25) is 0 Å². The van der Waals surface area contributed by atoms with Crippen molar-refractivity contribution in [3.05, 3.63) is 59.5 Å². The molecular formula is C18H17ClN6O. The Bertz CT molecular complexity index is 1100. The number of ether oxygens (including phenoxy) is 1. The molecule has 3 aromatic heterocycles. The number of methoxy groups -OCH3 is 1. The van der Waals surface area contributed by atoms with Crippen LogP contribution < -0.4 is 10.1 Å². The molecule has 1 aromatic carbocycles. The van der Waals surface area contributed by atoms with Gasteiger partial charge in [-0.05, 0) is 26.0 Å². The maximum atomic E-state index is 6.13. The van der Waals surface area contributed by atoms with E-state index in [1.807, 2.05) is 49.0 Å². The van der Waals surface area contributed by atoms with Crippen LogP contribution >= 0.6 is 11.6 Å². The van der Waals surface area contributed by atoms with E-state index in [0.717, 1.165) is 34.2 Å². The molecule has 0 unspecified atom stereocenters. The summed E-state index contributed by atoms with van der Waals surface area (Å²) in [7, 11) is 1.64. The number of aromatic nitrogens is 5. The Hall–Kier alpha value is -3.06. The van der Waals surface area contributed by atoms with Gasteiger partial charge >= 0.3 is 0 Å². The zero-order chi connectivity index (χ0) is 18.3. The van der Waals surface area contributed by atoms with Crippen molar-refractivity contribution in [2.45, 2.75) is 13.8 Å². The number of anilines is 2. The normalized spacial score (nSPS) is 11.1. The van der Waals surface area contributed by atoms with Crippen molar-refractivity contribution < 1.29 is 4.74 Å². The van der Waals surface area contributed by atoms with Crippen LogP contribution in [0.1, 0.15) is 11.4 Å². The average Bonchev–Trinajstić information content (AvgIpc) is 3.19. The molecule has 0 radical (unpaired) electrons. The summed E-state index contributed by atoms with van der Waals surface area (Å²) < 4.78 is 9.15. The molecule has 0 aliphatic rings. The zero-order valence-electron chi connectivity index (χ0n) is 14.6. The lowest BCUT2D eigenvalue weighted by atomic mass is 10.2. The van der Waals surface area contributed by atoms with E-state index in [1.165, 1.54) is 0 Å². The highest BCUT2D eigenvalue weighted by Gasteiger charge is 2.11. The second kappa shape index (κ2) is 6.34. The van der Waals surface area contributed by atoms with E-state index in [4.69, 9.17) is 16.3 Å². The summed E-state index contributed by atoms with van der Waals surface area (Å²) in [4.78, 5) is 8.76. The molecule has 26 heavy (non-hydrogen) atoms. The van der Waals surface area contributed by atoms with Crippen molar-refractivity contribution in [1.29, 1.82) is 0 Å². The minimum atomic E-state index is 0.384. The zero-order valence-corrected chi connectivity index (χ0v) is 15.3. The Morgan fingerprint density at radius 1 is 1.12 bits per heavy atom. The first-order chi connectivity index (χ1) is 12.5. The van der Waals surface area contributed by atoms with Gasteiger partial charge in [0.2, 0.25) is 0 Å². The van der Waals surface area contributed by atoms with Crippen molar-refractivity contribution in [2.24, 2.45) is 0 Å². The highest BCUT2D eigenvalue weighted by Crippen LogP contribution is 2.30. The second-order valence-corrected chi connectivity index (χ2v) is 6.35. The Morgan fingerprint density at radius 2 is 1.96 bits per heavy atom. The minimum Gasteiger partial charge on any atom is -0.494 e. The Morgan fingerprint density at radius 3 is 2.69 bits per heavy atom. The van der Waals surface area contributed by atoms with Gasteiger partial charge in [0.05, 0.1) is 42.4 Å². The van der Waals surface area contributed by atoms with E-state index in [1.54, 1.807) is 24.0 Å². The van der Waals surface area contributed by atoms with Crippen LogP contribution in [-0.4, -0.2) is 31.3 Å². The van der Waals surface area contributed by atoms with Crippen molar-refractivity contribution in [1.82, 2.24) is 24.1 Å². The van der Waals surface area contributed by atoms with E-state index in [9.17, 15) is 0 Å². The number of aryl methyl sites for hydroxylation is 2. The number of imidazole rings is 2. The van der Waals surface area contributed by atoms with Crippen LogP contribution in [0, 0.1) is 13.8 Å². The molecule has 0 saturated heterocycles. The smallest absolute Gasteiger partial charge is 0.177 e. The average molecular weight is 369 g/mol. The quantitative estimate of drug-likeness (QED) is 0.591. The summed E-state index contributed by atoms with van der Waals surface area (Å²) >= 11 is 6.13. The lowest BCUT2D eigenvalue weighted by molar-refractivity contribution is 0.413. The van der Waals surface area contributed by atoms with Gasteiger partial charge in [0.25, 0.3) is 0 Å². The third kappa shape index (κ3) is 2.97. The highest BCUT2D eigenvalue weighted by atomic mass is 35.5. The molecule has 3 heterocycles. The summed E-state index contributed by atoms with van der Waals surface area (Å²) in [5.74, 6) is 0.725. The number of hydrogen-bond acceptors (Lipinski definition) is 5. The van der Waals surface area contributed by atoms with Gasteiger partial charge in [-0.2, -0.15) is 5.10 Å². The predicted molar refractivity (Wildman–Crippen MR) is 101 cm³/mol. The van der Waals surface area contributed by atoms with Crippen molar-refractivity contribution in [2.75, 3.05) is 12.4 Å². The number of nitrogens with one attached hydrogen (secondary N) is 1. The van der Waals surface area contributed by atoms with Crippen LogP contribution in [0.15, 0.2) is 43.0 Å². The molecule has 132 valence electrons. The van der Waals surface area contributed by atoms with Gasteiger partial charge in [-0.1, -0.05) is 11.6 Å². The molecule has 0 saturated carbocycles. The maximum Gasteiger partial charge on any atom is 0.177 e. The van der Waals surface area contributed by atoms with Gasteiger partial charge in [-0.25, -0.2) is 14.5 Å². The maximum absolute atomic E-state index is 6.13. The van der Waals surface area contributed by atoms with Crippen LogP contribution in [0.4, 0.5) is 11.4 Å². The fourth-order valence-electron chi connectivity index (χ4n) is 2.83. The summed E-state index contributed by atoms with van der Waals surface area (Å²) in [5, 5.41) is 7.96. The third-order valence-electron chi connectivity index (χ3n) is 3.96. The van der Waals surface area contributed by atoms with E-state index >= 15 is 0 Å².